The molecule has 3 atom stereocenters. The summed E-state index contributed by atoms with van der Waals surface area (Å²) in [6, 6.07) is 24.4. The van der Waals surface area contributed by atoms with Gasteiger partial charge in [0.05, 0.1) is 32.0 Å². The zero-order chi connectivity index (χ0) is 32.2. The lowest BCUT2D eigenvalue weighted by molar-refractivity contribution is -0.159. The van der Waals surface area contributed by atoms with Gasteiger partial charge in [-0.3, -0.25) is 0 Å². The van der Waals surface area contributed by atoms with Crippen LogP contribution in [0.25, 0.3) is 11.5 Å². The molecule has 1 aliphatic carbocycles. The fraction of sp³-hybridized carbons (Fsp3) is 0.405. The zero-order valence-corrected chi connectivity index (χ0v) is 28.2. The quantitative estimate of drug-likeness (QED) is 0.150. The van der Waals surface area contributed by atoms with E-state index >= 15 is 0 Å². The van der Waals surface area contributed by atoms with Crippen molar-refractivity contribution in [2.24, 2.45) is 0 Å². The first-order valence-electron chi connectivity index (χ1n) is 15.5. The molecule has 0 spiro atoms. The van der Waals surface area contributed by atoms with Gasteiger partial charge in [0.2, 0.25) is 5.89 Å². The third-order valence-corrected chi connectivity index (χ3v) is 8.44. The minimum atomic E-state index is -1.02. The second kappa shape index (κ2) is 17.4. The number of rotatable bonds is 12. The molecule has 1 N–H and O–H groups in total. The van der Waals surface area contributed by atoms with E-state index in [9.17, 15) is 9.90 Å². The predicted molar refractivity (Wildman–Crippen MR) is 179 cm³/mol. The van der Waals surface area contributed by atoms with Crippen molar-refractivity contribution in [2.75, 3.05) is 6.61 Å². The fourth-order valence-corrected chi connectivity index (χ4v) is 5.41. The van der Waals surface area contributed by atoms with Crippen molar-refractivity contribution >= 4 is 21.9 Å². The second-order valence-corrected chi connectivity index (χ2v) is 12.2. The molecule has 0 amide bonds. The number of ether oxygens (including phenoxy) is 3. The number of halogens is 1. The number of carboxylic acid groups (broad SMARTS) is 1. The average Bonchev–Trinajstić information content (AvgIpc) is 3.42. The van der Waals surface area contributed by atoms with Gasteiger partial charge in [-0.05, 0) is 76.6 Å². The van der Waals surface area contributed by atoms with Crippen LogP contribution in [0.15, 0.2) is 77.2 Å². The molecule has 8 heteroatoms. The number of nitrogens with zero attached hydrogens (tertiary/aromatic N) is 1. The average molecular weight is 679 g/mol. The van der Waals surface area contributed by atoms with Crippen LogP contribution < -0.4 is 0 Å². The van der Waals surface area contributed by atoms with Gasteiger partial charge in [0.25, 0.3) is 0 Å². The predicted octanol–water partition coefficient (Wildman–Crippen LogP) is 8.67. The van der Waals surface area contributed by atoms with Crippen LogP contribution in [0.3, 0.4) is 0 Å². The van der Waals surface area contributed by atoms with Crippen LogP contribution in [-0.4, -0.2) is 41.0 Å². The summed E-state index contributed by atoms with van der Waals surface area (Å²) >= 11 is 3.38. The van der Waals surface area contributed by atoms with E-state index in [4.69, 9.17) is 18.6 Å². The van der Waals surface area contributed by atoms with Crippen molar-refractivity contribution in [2.45, 2.75) is 90.2 Å². The van der Waals surface area contributed by atoms with Crippen LogP contribution >= 0.6 is 15.9 Å². The number of hydrogen-bond acceptors (Lipinski definition) is 6. The molecule has 1 saturated carbocycles. The molecule has 1 aliphatic rings. The van der Waals surface area contributed by atoms with Gasteiger partial charge in [-0.25, -0.2) is 9.78 Å². The van der Waals surface area contributed by atoms with Crippen molar-refractivity contribution in [1.82, 2.24) is 4.98 Å². The molecule has 0 bridgehead atoms. The molecule has 1 fully saturated rings. The van der Waals surface area contributed by atoms with E-state index in [0.29, 0.717) is 18.9 Å². The first kappa shape index (κ1) is 34.6. The van der Waals surface area contributed by atoms with Crippen molar-refractivity contribution in [1.29, 1.82) is 0 Å². The van der Waals surface area contributed by atoms with Crippen LogP contribution in [0.4, 0.5) is 0 Å². The molecule has 45 heavy (non-hydrogen) atoms. The summed E-state index contributed by atoms with van der Waals surface area (Å²) < 4.78 is 23.7. The lowest BCUT2D eigenvalue weighted by Crippen LogP contribution is -2.34. The summed E-state index contributed by atoms with van der Waals surface area (Å²) in [4.78, 5) is 16.3. The second-order valence-electron chi connectivity index (χ2n) is 11.7. The normalized spacial score (nSPS) is 16.9. The topological polar surface area (TPSA) is 91.0 Å². The van der Waals surface area contributed by atoms with Crippen molar-refractivity contribution in [3.8, 4) is 11.5 Å². The van der Waals surface area contributed by atoms with E-state index in [1.807, 2.05) is 69.3 Å². The Labute approximate surface area is 275 Å². The summed E-state index contributed by atoms with van der Waals surface area (Å²) in [7, 11) is 0. The molecule has 1 aromatic heterocycles. The highest BCUT2D eigenvalue weighted by Crippen LogP contribution is 2.27. The van der Waals surface area contributed by atoms with Gasteiger partial charge >= 0.3 is 5.97 Å². The molecule has 1 unspecified atom stereocenters. The highest BCUT2D eigenvalue weighted by atomic mass is 79.9. The maximum atomic E-state index is 11.7. The molecule has 0 radical (unpaired) electrons. The van der Waals surface area contributed by atoms with Crippen molar-refractivity contribution in [3.63, 3.8) is 0 Å². The Bertz CT molecular complexity index is 1480. The largest absolute Gasteiger partial charge is 0.479 e. The third-order valence-electron chi connectivity index (χ3n) is 7.80. The molecule has 1 heterocycles. The summed E-state index contributed by atoms with van der Waals surface area (Å²) in [6.07, 6.45) is 2.45. The number of alkyl halides is 1. The Hall–Kier alpha value is -3.30. The number of carbonyl (C=O) groups is 1. The molecule has 0 aliphatic heterocycles. The number of aliphatic carboxylic acids is 1. The molecule has 240 valence electrons. The van der Waals surface area contributed by atoms with Crippen LogP contribution in [0.2, 0.25) is 0 Å². The van der Waals surface area contributed by atoms with E-state index in [1.54, 1.807) is 0 Å². The Morgan fingerprint density at radius 3 is 2.16 bits per heavy atom. The monoisotopic (exact) mass is 677 g/mol. The van der Waals surface area contributed by atoms with E-state index in [1.165, 1.54) is 11.1 Å². The standard InChI is InChI=1S/C29H35NO6.C8H9Br/c1-19-10-12-22(13-11-19)16-35-27(29(31)32)18-34-25-9-5-8-24(15-25)33-17-26-21(3)36-28(30-26)23-7-4-6-20(2)14-23;1-7-2-4-8(6-9)5-3-7/h4,6-7,10-14,24-25,27H,5,8-9,15-18H2,1-3H3,(H,31,32);2-5H,6H2,1H3/t24-,25+,27?;/m0./s1. The van der Waals surface area contributed by atoms with Crippen LogP contribution in [0, 0.1) is 27.7 Å². The van der Waals surface area contributed by atoms with Crippen molar-refractivity contribution in [3.05, 3.63) is 112 Å². The smallest absolute Gasteiger partial charge is 0.335 e. The minimum absolute atomic E-state index is 0.0147. The zero-order valence-electron chi connectivity index (χ0n) is 26.6. The van der Waals surface area contributed by atoms with Crippen LogP contribution in [0.5, 0.6) is 0 Å². The Morgan fingerprint density at radius 2 is 1.53 bits per heavy atom. The Kier molecular flexibility index (Phi) is 13.4. The summed E-state index contributed by atoms with van der Waals surface area (Å²) in [5, 5.41) is 10.5. The van der Waals surface area contributed by atoms with E-state index in [0.717, 1.165) is 58.3 Å². The highest BCUT2D eigenvalue weighted by molar-refractivity contribution is 9.08. The van der Waals surface area contributed by atoms with Gasteiger partial charge in [-0.1, -0.05) is 93.3 Å². The van der Waals surface area contributed by atoms with Gasteiger partial charge in [0.15, 0.2) is 6.10 Å². The fourth-order valence-electron chi connectivity index (χ4n) is 5.04. The lowest BCUT2D eigenvalue weighted by Gasteiger charge is -2.29. The molecule has 0 saturated heterocycles. The van der Waals surface area contributed by atoms with Gasteiger partial charge in [-0.15, -0.1) is 0 Å². The first-order chi connectivity index (χ1) is 21.7. The molecule has 5 rings (SSSR count). The number of carboxylic acids is 1. The molecular formula is C37H44BrNO6. The molecular weight excluding hydrogens is 634 g/mol. The minimum Gasteiger partial charge on any atom is -0.479 e. The molecule has 3 aromatic carbocycles. The molecule has 7 nitrogen and oxygen atoms in total. The summed E-state index contributed by atoms with van der Waals surface area (Å²) in [5.74, 6) is 0.340. The van der Waals surface area contributed by atoms with Gasteiger partial charge < -0.3 is 23.7 Å². The maximum absolute atomic E-state index is 11.7. The number of hydrogen-bond donors (Lipinski definition) is 1. The number of oxazole rings is 1. The highest BCUT2D eigenvalue weighted by Gasteiger charge is 2.27. The van der Waals surface area contributed by atoms with E-state index in [2.05, 4.69) is 52.1 Å². The van der Waals surface area contributed by atoms with E-state index in [-0.39, 0.29) is 25.4 Å². The van der Waals surface area contributed by atoms with Gasteiger partial charge in [-0.2, -0.15) is 0 Å². The number of benzene rings is 3. The summed E-state index contributed by atoms with van der Waals surface area (Å²) in [6.45, 7) is 8.67. The van der Waals surface area contributed by atoms with Crippen LogP contribution in [0.1, 0.15) is 65.0 Å². The summed E-state index contributed by atoms with van der Waals surface area (Å²) in [5.41, 5.74) is 7.64. The number of aryl methyl sites for hydroxylation is 4. The Morgan fingerprint density at radius 1 is 0.889 bits per heavy atom. The Balaban J connectivity index is 0.000000440. The van der Waals surface area contributed by atoms with E-state index < -0.39 is 12.1 Å². The van der Waals surface area contributed by atoms with Gasteiger partial charge in [0, 0.05) is 10.9 Å². The number of aromatic nitrogens is 1. The molecule has 4 aromatic rings. The maximum Gasteiger partial charge on any atom is 0.335 e. The van der Waals surface area contributed by atoms with Crippen molar-refractivity contribution < 1.29 is 28.5 Å². The first-order valence-corrected chi connectivity index (χ1v) is 16.6. The SMILES string of the molecule is Cc1ccc(CBr)cc1.Cc1ccc(COC(CO[C@@H]2CCC[C@H](OCc3nc(-c4cccc(C)c4)oc3C)C2)C(=O)O)cc1. The lowest BCUT2D eigenvalue weighted by atomic mass is 9.95. The van der Waals surface area contributed by atoms with Crippen LogP contribution in [-0.2, 0) is 37.5 Å². The van der Waals surface area contributed by atoms with Gasteiger partial charge in [0.1, 0.15) is 11.5 Å². The third kappa shape index (κ3) is 11.2.